The van der Waals surface area contributed by atoms with Gasteiger partial charge in [-0.3, -0.25) is 4.79 Å². The molecule has 0 spiro atoms. The summed E-state index contributed by atoms with van der Waals surface area (Å²) < 4.78 is 0. The molecule has 1 aliphatic heterocycles. The van der Waals surface area contributed by atoms with E-state index in [9.17, 15) is 9.59 Å². The van der Waals surface area contributed by atoms with Crippen LogP contribution >= 0.6 is 0 Å². The third-order valence-corrected chi connectivity index (χ3v) is 3.69. The van der Waals surface area contributed by atoms with Crippen LogP contribution in [0.4, 0.5) is 10.5 Å². The van der Waals surface area contributed by atoms with Gasteiger partial charge in [-0.2, -0.15) is 0 Å². The topological polar surface area (TPSA) is 87.5 Å². The summed E-state index contributed by atoms with van der Waals surface area (Å²) in [6, 6.07) is 6.80. The minimum atomic E-state index is -0.274. The molecule has 1 fully saturated rings. The standard InChI is InChI=1S/C16H24N4O2/c1-11(2)18-16(22)19-14-5-3-4-13(8-14)15(21)20-7-6-12(9-17)10-20/h3-5,8,11-12H,6-7,9-10,17H2,1-2H3,(H2,18,19,22). The molecule has 1 saturated heterocycles. The summed E-state index contributed by atoms with van der Waals surface area (Å²) in [6.07, 6.45) is 0.955. The SMILES string of the molecule is CC(C)NC(=O)Nc1cccc(C(=O)N2CCC(CN)C2)c1. The van der Waals surface area contributed by atoms with E-state index in [0.717, 1.165) is 13.0 Å². The Morgan fingerprint density at radius 1 is 1.41 bits per heavy atom. The van der Waals surface area contributed by atoms with Crippen LogP contribution in [0.1, 0.15) is 30.6 Å². The second-order valence-corrected chi connectivity index (χ2v) is 5.98. The first kappa shape index (κ1) is 16.3. The van der Waals surface area contributed by atoms with Gasteiger partial charge in [0.05, 0.1) is 0 Å². The van der Waals surface area contributed by atoms with Crippen molar-refractivity contribution in [3.8, 4) is 0 Å². The average Bonchev–Trinajstić information content (AvgIpc) is 2.94. The van der Waals surface area contributed by atoms with E-state index < -0.39 is 0 Å². The van der Waals surface area contributed by atoms with E-state index in [1.807, 2.05) is 18.7 Å². The van der Waals surface area contributed by atoms with E-state index in [0.29, 0.717) is 30.3 Å². The van der Waals surface area contributed by atoms with Crippen LogP contribution in [0.2, 0.25) is 0 Å². The van der Waals surface area contributed by atoms with Gasteiger partial charge in [0.2, 0.25) is 0 Å². The zero-order valence-electron chi connectivity index (χ0n) is 13.1. The first-order chi connectivity index (χ1) is 10.5. The molecule has 1 heterocycles. The van der Waals surface area contributed by atoms with Crippen molar-refractivity contribution >= 4 is 17.6 Å². The monoisotopic (exact) mass is 304 g/mol. The Morgan fingerprint density at radius 2 is 2.18 bits per heavy atom. The lowest BCUT2D eigenvalue weighted by Crippen LogP contribution is -2.34. The molecule has 1 aliphatic rings. The first-order valence-electron chi connectivity index (χ1n) is 7.66. The van der Waals surface area contributed by atoms with E-state index in [1.54, 1.807) is 24.3 Å². The molecule has 120 valence electrons. The highest BCUT2D eigenvalue weighted by atomic mass is 16.2. The van der Waals surface area contributed by atoms with Crippen LogP contribution in [0.3, 0.4) is 0 Å². The van der Waals surface area contributed by atoms with Crippen LogP contribution < -0.4 is 16.4 Å². The fourth-order valence-electron chi connectivity index (χ4n) is 2.55. The smallest absolute Gasteiger partial charge is 0.319 e. The van der Waals surface area contributed by atoms with Crippen molar-refractivity contribution in [2.75, 3.05) is 25.0 Å². The van der Waals surface area contributed by atoms with Gasteiger partial charge in [0.15, 0.2) is 0 Å². The Labute approximate surface area is 131 Å². The minimum absolute atomic E-state index is 0.0103. The van der Waals surface area contributed by atoms with Crippen molar-refractivity contribution in [2.24, 2.45) is 11.7 Å². The third-order valence-electron chi connectivity index (χ3n) is 3.69. The molecule has 1 aromatic carbocycles. The number of anilines is 1. The number of nitrogens with two attached hydrogens (primary N) is 1. The zero-order valence-corrected chi connectivity index (χ0v) is 13.1. The molecule has 0 aromatic heterocycles. The van der Waals surface area contributed by atoms with Crippen LogP contribution in [0.15, 0.2) is 24.3 Å². The van der Waals surface area contributed by atoms with Gasteiger partial charge >= 0.3 is 6.03 Å². The summed E-state index contributed by atoms with van der Waals surface area (Å²) in [6.45, 7) is 5.84. The number of hydrogen-bond acceptors (Lipinski definition) is 3. The molecule has 3 amide bonds. The fraction of sp³-hybridized carbons (Fsp3) is 0.500. The number of carbonyl (C=O) groups is 2. The Hall–Kier alpha value is -2.08. The van der Waals surface area contributed by atoms with Crippen LogP contribution in [0.25, 0.3) is 0 Å². The molecule has 0 aliphatic carbocycles. The van der Waals surface area contributed by atoms with Gasteiger partial charge in [0.25, 0.3) is 5.91 Å². The predicted molar refractivity (Wildman–Crippen MR) is 86.8 cm³/mol. The summed E-state index contributed by atoms with van der Waals surface area (Å²) in [5, 5.41) is 5.49. The number of hydrogen-bond donors (Lipinski definition) is 3. The molecule has 0 saturated carbocycles. The number of urea groups is 1. The quantitative estimate of drug-likeness (QED) is 0.790. The summed E-state index contributed by atoms with van der Waals surface area (Å²) in [7, 11) is 0. The Bertz CT molecular complexity index is 545. The highest BCUT2D eigenvalue weighted by molar-refractivity contribution is 5.97. The second kappa shape index (κ2) is 7.26. The van der Waals surface area contributed by atoms with Gasteiger partial charge in [-0.05, 0) is 50.9 Å². The number of rotatable bonds is 4. The molecular formula is C16H24N4O2. The lowest BCUT2D eigenvalue weighted by atomic mass is 10.1. The Kier molecular flexibility index (Phi) is 5.38. The molecule has 22 heavy (non-hydrogen) atoms. The minimum Gasteiger partial charge on any atom is -0.338 e. The molecule has 1 unspecified atom stereocenters. The molecule has 0 radical (unpaired) electrons. The number of amides is 3. The maximum Gasteiger partial charge on any atom is 0.319 e. The number of carbonyl (C=O) groups excluding carboxylic acids is 2. The number of nitrogens with zero attached hydrogens (tertiary/aromatic N) is 1. The molecule has 1 aromatic rings. The van der Waals surface area contributed by atoms with E-state index in [1.165, 1.54) is 0 Å². The first-order valence-corrected chi connectivity index (χ1v) is 7.66. The summed E-state index contributed by atoms with van der Waals surface area (Å²) in [5.41, 5.74) is 6.85. The van der Waals surface area contributed by atoms with Gasteiger partial charge in [-0.1, -0.05) is 6.07 Å². The normalized spacial score (nSPS) is 17.6. The molecule has 2 rings (SSSR count). The maximum atomic E-state index is 12.5. The Morgan fingerprint density at radius 3 is 2.82 bits per heavy atom. The Balaban J connectivity index is 2.02. The second-order valence-electron chi connectivity index (χ2n) is 5.98. The number of benzene rings is 1. The van der Waals surface area contributed by atoms with E-state index in [4.69, 9.17) is 5.73 Å². The van der Waals surface area contributed by atoms with Crippen LogP contribution in [0.5, 0.6) is 0 Å². The third kappa shape index (κ3) is 4.21. The lowest BCUT2D eigenvalue weighted by molar-refractivity contribution is 0.0787. The summed E-state index contributed by atoms with van der Waals surface area (Å²) in [4.78, 5) is 26.0. The molecular weight excluding hydrogens is 280 g/mol. The largest absolute Gasteiger partial charge is 0.338 e. The molecule has 1 atom stereocenters. The average molecular weight is 304 g/mol. The zero-order chi connectivity index (χ0) is 16.1. The summed E-state index contributed by atoms with van der Waals surface area (Å²) in [5.74, 6) is 0.381. The molecule has 6 heteroatoms. The van der Waals surface area contributed by atoms with Gasteiger partial charge in [0.1, 0.15) is 0 Å². The van der Waals surface area contributed by atoms with Crippen molar-refractivity contribution in [1.29, 1.82) is 0 Å². The number of nitrogens with one attached hydrogen (secondary N) is 2. The van der Waals surface area contributed by atoms with E-state index in [-0.39, 0.29) is 18.0 Å². The van der Waals surface area contributed by atoms with Gasteiger partial charge in [0, 0.05) is 30.4 Å². The van der Waals surface area contributed by atoms with Gasteiger partial charge in [-0.15, -0.1) is 0 Å². The van der Waals surface area contributed by atoms with Gasteiger partial charge < -0.3 is 21.3 Å². The van der Waals surface area contributed by atoms with E-state index in [2.05, 4.69) is 10.6 Å². The lowest BCUT2D eigenvalue weighted by Gasteiger charge is -2.17. The predicted octanol–water partition coefficient (Wildman–Crippen LogP) is 1.64. The van der Waals surface area contributed by atoms with Crippen molar-refractivity contribution in [1.82, 2.24) is 10.2 Å². The highest BCUT2D eigenvalue weighted by Gasteiger charge is 2.26. The van der Waals surface area contributed by atoms with Crippen molar-refractivity contribution in [3.63, 3.8) is 0 Å². The summed E-state index contributed by atoms with van der Waals surface area (Å²) >= 11 is 0. The van der Waals surface area contributed by atoms with Gasteiger partial charge in [-0.25, -0.2) is 4.79 Å². The molecule has 6 nitrogen and oxygen atoms in total. The van der Waals surface area contributed by atoms with Crippen LogP contribution in [-0.2, 0) is 0 Å². The highest BCUT2D eigenvalue weighted by Crippen LogP contribution is 2.19. The number of likely N-dealkylation sites (tertiary alicyclic amines) is 1. The van der Waals surface area contributed by atoms with Crippen LogP contribution in [0, 0.1) is 5.92 Å². The van der Waals surface area contributed by atoms with Crippen molar-refractivity contribution in [3.05, 3.63) is 29.8 Å². The van der Waals surface area contributed by atoms with Crippen molar-refractivity contribution in [2.45, 2.75) is 26.3 Å². The molecule has 4 N–H and O–H groups in total. The van der Waals surface area contributed by atoms with E-state index >= 15 is 0 Å². The fourth-order valence-corrected chi connectivity index (χ4v) is 2.55. The van der Waals surface area contributed by atoms with Crippen molar-refractivity contribution < 1.29 is 9.59 Å². The maximum absolute atomic E-state index is 12.5. The molecule has 0 bridgehead atoms. The van der Waals surface area contributed by atoms with Crippen LogP contribution in [-0.4, -0.2) is 42.5 Å².